The minimum atomic E-state index is 1.04. The third-order valence-electron chi connectivity index (χ3n) is 2.72. The summed E-state index contributed by atoms with van der Waals surface area (Å²) in [6.45, 7) is 3.18. The van der Waals surface area contributed by atoms with Crippen molar-refractivity contribution in [2.24, 2.45) is 0 Å². The summed E-state index contributed by atoms with van der Waals surface area (Å²) in [4.78, 5) is 6.03. The number of nitrogens with one attached hydrogen (secondary N) is 1. The highest BCUT2D eigenvalue weighted by Crippen LogP contribution is 2.35. The summed E-state index contributed by atoms with van der Waals surface area (Å²) in [6, 6.07) is 8.42. The van der Waals surface area contributed by atoms with Crippen LogP contribution in [0.5, 0.6) is 0 Å². The smallest absolute Gasteiger partial charge is 0.141 e. The molecule has 0 spiro atoms. The molecule has 0 saturated carbocycles. The van der Waals surface area contributed by atoms with Crippen LogP contribution in [-0.4, -0.2) is 11.5 Å². The van der Waals surface area contributed by atoms with Crippen LogP contribution in [0.25, 0.3) is 10.6 Å². The van der Waals surface area contributed by atoms with Gasteiger partial charge in [-0.3, -0.25) is 0 Å². The number of aromatic nitrogens is 1. The molecular formula is C12H12N2S. The van der Waals surface area contributed by atoms with Gasteiger partial charge in [0.2, 0.25) is 0 Å². The van der Waals surface area contributed by atoms with Crippen molar-refractivity contribution >= 4 is 17.2 Å². The Morgan fingerprint density at radius 3 is 3.00 bits per heavy atom. The third kappa shape index (κ3) is 1.43. The summed E-state index contributed by atoms with van der Waals surface area (Å²) in [5.74, 6) is 1.10. The molecule has 76 valence electrons. The number of benzene rings is 1. The Balaban J connectivity index is 2.10. The molecule has 1 aromatic carbocycles. The Labute approximate surface area is 93.0 Å². The molecule has 3 heteroatoms. The molecule has 0 radical (unpaired) electrons. The molecule has 0 amide bonds. The zero-order valence-corrected chi connectivity index (χ0v) is 9.40. The van der Waals surface area contributed by atoms with Crippen LogP contribution < -0.4 is 5.32 Å². The highest BCUT2D eigenvalue weighted by atomic mass is 32.1. The van der Waals surface area contributed by atoms with Crippen molar-refractivity contribution in [2.45, 2.75) is 13.3 Å². The number of anilines is 1. The van der Waals surface area contributed by atoms with Gasteiger partial charge in [-0.1, -0.05) is 24.3 Å². The van der Waals surface area contributed by atoms with Crippen LogP contribution in [0.3, 0.4) is 0 Å². The Morgan fingerprint density at radius 2 is 2.20 bits per heavy atom. The number of hydrogen-bond acceptors (Lipinski definition) is 3. The summed E-state index contributed by atoms with van der Waals surface area (Å²) < 4.78 is 0. The van der Waals surface area contributed by atoms with E-state index in [2.05, 4.69) is 41.5 Å². The monoisotopic (exact) mass is 216 g/mol. The van der Waals surface area contributed by atoms with E-state index in [1.54, 1.807) is 0 Å². The van der Waals surface area contributed by atoms with Gasteiger partial charge in [0.1, 0.15) is 10.8 Å². The van der Waals surface area contributed by atoms with Crippen molar-refractivity contribution in [2.75, 3.05) is 11.9 Å². The Morgan fingerprint density at radius 1 is 1.33 bits per heavy atom. The molecule has 0 bridgehead atoms. The minimum absolute atomic E-state index is 1.04. The van der Waals surface area contributed by atoms with E-state index in [0.29, 0.717) is 0 Å². The van der Waals surface area contributed by atoms with Gasteiger partial charge in [0.25, 0.3) is 0 Å². The number of fused-ring (bicyclic) bond motifs is 1. The maximum Gasteiger partial charge on any atom is 0.141 e. The molecule has 1 N–H and O–H groups in total. The Kier molecular flexibility index (Phi) is 1.99. The maximum absolute atomic E-state index is 4.63. The first-order valence-electron chi connectivity index (χ1n) is 5.14. The molecule has 2 nitrogen and oxygen atoms in total. The van der Waals surface area contributed by atoms with Gasteiger partial charge in [-0.05, 0) is 12.5 Å². The lowest BCUT2D eigenvalue weighted by atomic mass is 10.1. The van der Waals surface area contributed by atoms with Crippen molar-refractivity contribution in [1.29, 1.82) is 0 Å². The Hall–Kier alpha value is -1.35. The second-order valence-corrected chi connectivity index (χ2v) is 4.87. The average Bonchev–Trinajstić information content (AvgIpc) is 2.77. The number of hydrogen-bond donors (Lipinski definition) is 1. The van der Waals surface area contributed by atoms with Crippen molar-refractivity contribution in [3.8, 4) is 10.6 Å². The summed E-state index contributed by atoms with van der Waals surface area (Å²) in [6.07, 6.45) is 1.12. The largest absolute Gasteiger partial charge is 0.369 e. The topological polar surface area (TPSA) is 24.9 Å². The summed E-state index contributed by atoms with van der Waals surface area (Å²) in [5, 5.41) is 4.45. The SMILES string of the molecule is Cc1ccccc1-c1nc2c(s1)CCN2. The fourth-order valence-electron chi connectivity index (χ4n) is 1.88. The zero-order valence-electron chi connectivity index (χ0n) is 8.58. The van der Waals surface area contributed by atoms with Crippen molar-refractivity contribution in [3.05, 3.63) is 34.7 Å². The fourth-order valence-corrected chi connectivity index (χ4v) is 3.01. The van der Waals surface area contributed by atoms with Gasteiger partial charge < -0.3 is 5.32 Å². The standard InChI is InChI=1S/C12H12N2S/c1-8-4-2-3-5-9(8)12-14-11-10(15-12)6-7-13-11/h2-5,13H,6-7H2,1H3. The van der Waals surface area contributed by atoms with Gasteiger partial charge in [-0.25, -0.2) is 4.98 Å². The zero-order chi connectivity index (χ0) is 10.3. The molecule has 15 heavy (non-hydrogen) atoms. The summed E-state index contributed by atoms with van der Waals surface area (Å²) in [7, 11) is 0. The fraction of sp³-hybridized carbons (Fsp3) is 0.250. The van der Waals surface area contributed by atoms with E-state index in [1.807, 2.05) is 11.3 Å². The van der Waals surface area contributed by atoms with E-state index >= 15 is 0 Å². The molecule has 1 aliphatic rings. The molecule has 0 fully saturated rings. The first kappa shape index (κ1) is 8.92. The van der Waals surface area contributed by atoms with E-state index in [1.165, 1.54) is 16.0 Å². The molecule has 1 aliphatic heterocycles. The normalized spacial score (nSPS) is 13.7. The van der Waals surface area contributed by atoms with Gasteiger partial charge in [-0.15, -0.1) is 11.3 Å². The molecule has 0 aliphatic carbocycles. The van der Waals surface area contributed by atoms with E-state index < -0.39 is 0 Å². The van der Waals surface area contributed by atoms with Crippen molar-refractivity contribution < 1.29 is 0 Å². The van der Waals surface area contributed by atoms with E-state index in [-0.39, 0.29) is 0 Å². The molecule has 3 rings (SSSR count). The summed E-state index contributed by atoms with van der Waals surface area (Å²) in [5.41, 5.74) is 2.56. The van der Waals surface area contributed by atoms with Crippen LogP contribution in [-0.2, 0) is 6.42 Å². The molecule has 2 aromatic rings. The number of rotatable bonds is 1. The lowest BCUT2D eigenvalue weighted by Gasteiger charge is -2.00. The third-order valence-corrected chi connectivity index (χ3v) is 3.87. The lowest BCUT2D eigenvalue weighted by molar-refractivity contribution is 1.12. The molecule has 0 atom stereocenters. The lowest BCUT2D eigenvalue weighted by Crippen LogP contribution is -1.93. The van der Waals surface area contributed by atoms with Gasteiger partial charge in [0.15, 0.2) is 0 Å². The maximum atomic E-state index is 4.63. The van der Waals surface area contributed by atoms with Gasteiger partial charge in [-0.2, -0.15) is 0 Å². The first-order chi connectivity index (χ1) is 7.34. The average molecular weight is 216 g/mol. The van der Waals surface area contributed by atoms with Crippen molar-refractivity contribution in [1.82, 2.24) is 4.98 Å². The second-order valence-electron chi connectivity index (χ2n) is 3.78. The molecular weight excluding hydrogens is 204 g/mol. The van der Waals surface area contributed by atoms with Crippen LogP contribution in [0.15, 0.2) is 24.3 Å². The van der Waals surface area contributed by atoms with Gasteiger partial charge in [0.05, 0.1) is 4.88 Å². The van der Waals surface area contributed by atoms with Crippen LogP contribution in [0.1, 0.15) is 10.4 Å². The number of thiazole rings is 1. The van der Waals surface area contributed by atoms with Crippen LogP contribution in [0, 0.1) is 6.92 Å². The van der Waals surface area contributed by atoms with E-state index in [0.717, 1.165) is 23.8 Å². The molecule has 0 unspecified atom stereocenters. The van der Waals surface area contributed by atoms with E-state index in [9.17, 15) is 0 Å². The molecule has 1 aromatic heterocycles. The number of nitrogens with zero attached hydrogens (tertiary/aromatic N) is 1. The van der Waals surface area contributed by atoms with Crippen LogP contribution in [0.2, 0.25) is 0 Å². The second kappa shape index (κ2) is 3.35. The molecule has 0 saturated heterocycles. The van der Waals surface area contributed by atoms with Gasteiger partial charge >= 0.3 is 0 Å². The predicted molar refractivity (Wildman–Crippen MR) is 64.5 cm³/mol. The highest BCUT2D eigenvalue weighted by molar-refractivity contribution is 7.15. The minimum Gasteiger partial charge on any atom is -0.369 e. The predicted octanol–water partition coefficient (Wildman–Crippen LogP) is 3.09. The molecule has 2 heterocycles. The quantitative estimate of drug-likeness (QED) is 0.792. The first-order valence-corrected chi connectivity index (χ1v) is 5.96. The Bertz CT molecular complexity index is 481. The summed E-state index contributed by atoms with van der Waals surface area (Å²) >= 11 is 1.82. The van der Waals surface area contributed by atoms with Crippen LogP contribution >= 0.6 is 11.3 Å². The van der Waals surface area contributed by atoms with Crippen LogP contribution in [0.4, 0.5) is 5.82 Å². The number of aryl methyl sites for hydroxylation is 1. The van der Waals surface area contributed by atoms with E-state index in [4.69, 9.17) is 0 Å². The van der Waals surface area contributed by atoms with Crippen molar-refractivity contribution in [3.63, 3.8) is 0 Å². The highest BCUT2D eigenvalue weighted by Gasteiger charge is 2.17. The van der Waals surface area contributed by atoms with Gasteiger partial charge in [0, 0.05) is 18.5 Å².